The Balaban J connectivity index is 2.53. The highest BCUT2D eigenvalue weighted by molar-refractivity contribution is 4.80. The summed E-state index contributed by atoms with van der Waals surface area (Å²) >= 11 is 0. The van der Waals surface area contributed by atoms with Gasteiger partial charge in [0.15, 0.2) is 0 Å². The minimum absolute atomic E-state index is 0.253. The fraction of sp³-hybridized carbons (Fsp3) is 0.667. The molecule has 0 saturated carbocycles. The van der Waals surface area contributed by atoms with Gasteiger partial charge in [0.1, 0.15) is 0 Å². The van der Waals surface area contributed by atoms with Gasteiger partial charge in [-0.2, -0.15) is 0 Å². The molecule has 1 heterocycles. The second-order valence-corrected chi connectivity index (χ2v) is 2.96. The molecule has 1 atom stereocenters. The van der Waals surface area contributed by atoms with Crippen molar-refractivity contribution in [3.05, 3.63) is 18.7 Å². The first kappa shape index (κ1) is 9.26. The van der Waals surface area contributed by atoms with Crippen LogP contribution in [-0.4, -0.2) is 21.3 Å². The van der Waals surface area contributed by atoms with Crippen LogP contribution in [0.2, 0.25) is 0 Å². The molecule has 1 N–H and O–H groups in total. The van der Waals surface area contributed by atoms with Crippen molar-refractivity contribution in [3.8, 4) is 0 Å². The molecule has 1 aromatic heterocycles. The molecule has 0 aromatic carbocycles. The van der Waals surface area contributed by atoms with E-state index in [1.54, 1.807) is 6.20 Å². The van der Waals surface area contributed by atoms with E-state index in [0.29, 0.717) is 6.04 Å². The summed E-state index contributed by atoms with van der Waals surface area (Å²) in [4.78, 5) is 3.99. The van der Waals surface area contributed by atoms with Crippen LogP contribution in [-0.2, 0) is 0 Å². The van der Waals surface area contributed by atoms with E-state index in [4.69, 9.17) is 5.11 Å². The predicted molar refractivity (Wildman–Crippen MR) is 47.9 cm³/mol. The van der Waals surface area contributed by atoms with Crippen molar-refractivity contribution in [2.45, 2.75) is 32.2 Å². The maximum Gasteiger partial charge on any atom is 0.0948 e. The SMILES string of the molecule is CCCC(CCO)n1ccnc1. The number of nitrogens with zero attached hydrogens (tertiary/aromatic N) is 2. The van der Waals surface area contributed by atoms with Crippen LogP contribution in [0.25, 0.3) is 0 Å². The lowest BCUT2D eigenvalue weighted by Crippen LogP contribution is -2.08. The lowest BCUT2D eigenvalue weighted by atomic mass is 10.1. The number of rotatable bonds is 5. The standard InChI is InChI=1S/C9H16N2O/c1-2-3-9(4-7-12)11-6-5-10-8-11/h5-6,8-9,12H,2-4,7H2,1H3. The van der Waals surface area contributed by atoms with Gasteiger partial charge in [0.25, 0.3) is 0 Å². The second kappa shape index (κ2) is 4.93. The van der Waals surface area contributed by atoms with Crippen LogP contribution in [0.1, 0.15) is 32.2 Å². The zero-order chi connectivity index (χ0) is 8.81. The Morgan fingerprint density at radius 2 is 2.33 bits per heavy atom. The minimum Gasteiger partial charge on any atom is -0.396 e. The van der Waals surface area contributed by atoms with Gasteiger partial charge in [-0.15, -0.1) is 0 Å². The third-order valence-corrected chi connectivity index (χ3v) is 2.03. The van der Waals surface area contributed by atoms with Crippen molar-refractivity contribution in [2.24, 2.45) is 0 Å². The molecule has 0 aliphatic carbocycles. The average molecular weight is 168 g/mol. The van der Waals surface area contributed by atoms with Gasteiger partial charge in [0, 0.05) is 25.0 Å². The number of imidazole rings is 1. The lowest BCUT2D eigenvalue weighted by Gasteiger charge is -2.15. The molecule has 0 aliphatic heterocycles. The highest BCUT2D eigenvalue weighted by Crippen LogP contribution is 2.16. The molecule has 1 aromatic rings. The quantitative estimate of drug-likeness (QED) is 0.725. The van der Waals surface area contributed by atoms with E-state index in [-0.39, 0.29) is 6.61 Å². The average Bonchev–Trinajstić information content (AvgIpc) is 2.56. The third kappa shape index (κ3) is 2.34. The largest absolute Gasteiger partial charge is 0.396 e. The van der Waals surface area contributed by atoms with Gasteiger partial charge in [0.2, 0.25) is 0 Å². The van der Waals surface area contributed by atoms with E-state index in [1.165, 1.54) is 0 Å². The first-order valence-corrected chi connectivity index (χ1v) is 4.46. The van der Waals surface area contributed by atoms with E-state index in [1.807, 2.05) is 12.5 Å². The normalized spacial score (nSPS) is 13.2. The maximum absolute atomic E-state index is 8.83. The summed E-state index contributed by atoms with van der Waals surface area (Å²) in [6, 6.07) is 0.419. The number of aromatic nitrogens is 2. The van der Waals surface area contributed by atoms with E-state index in [2.05, 4.69) is 16.5 Å². The molecule has 0 amide bonds. The van der Waals surface area contributed by atoms with Gasteiger partial charge >= 0.3 is 0 Å². The van der Waals surface area contributed by atoms with Crippen LogP contribution < -0.4 is 0 Å². The van der Waals surface area contributed by atoms with Gasteiger partial charge in [-0.3, -0.25) is 0 Å². The molecular weight excluding hydrogens is 152 g/mol. The Morgan fingerprint density at radius 1 is 1.50 bits per heavy atom. The summed E-state index contributed by atoms with van der Waals surface area (Å²) < 4.78 is 2.07. The van der Waals surface area contributed by atoms with Gasteiger partial charge in [-0.25, -0.2) is 4.98 Å². The van der Waals surface area contributed by atoms with Gasteiger partial charge in [0.05, 0.1) is 6.33 Å². The number of aliphatic hydroxyl groups excluding tert-OH is 1. The monoisotopic (exact) mass is 168 g/mol. The molecular formula is C9H16N2O. The Morgan fingerprint density at radius 3 is 2.83 bits per heavy atom. The minimum atomic E-state index is 0.253. The summed E-state index contributed by atoms with van der Waals surface area (Å²) in [6.07, 6.45) is 8.62. The number of hydrogen-bond acceptors (Lipinski definition) is 2. The molecule has 0 fully saturated rings. The van der Waals surface area contributed by atoms with Crippen LogP contribution >= 0.6 is 0 Å². The van der Waals surface area contributed by atoms with Gasteiger partial charge < -0.3 is 9.67 Å². The molecule has 0 bridgehead atoms. The lowest BCUT2D eigenvalue weighted by molar-refractivity contribution is 0.251. The predicted octanol–water partition coefficient (Wildman–Crippen LogP) is 1.61. The Kier molecular flexibility index (Phi) is 3.80. The molecule has 0 spiro atoms. The zero-order valence-corrected chi connectivity index (χ0v) is 7.48. The first-order valence-electron chi connectivity index (χ1n) is 4.46. The van der Waals surface area contributed by atoms with Crippen molar-refractivity contribution < 1.29 is 5.11 Å². The number of hydrogen-bond donors (Lipinski definition) is 1. The van der Waals surface area contributed by atoms with Crippen LogP contribution in [0.15, 0.2) is 18.7 Å². The smallest absolute Gasteiger partial charge is 0.0948 e. The topological polar surface area (TPSA) is 38.0 Å². The van der Waals surface area contributed by atoms with E-state index in [9.17, 15) is 0 Å². The molecule has 0 radical (unpaired) electrons. The number of aliphatic hydroxyl groups is 1. The van der Waals surface area contributed by atoms with Crippen molar-refractivity contribution in [1.29, 1.82) is 0 Å². The van der Waals surface area contributed by atoms with Crippen LogP contribution in [0, 0.1) is 0 Å². The van der Waals surface area contributed by atoms with Gasteiger partial charge in [-0.05, 0) is 12.8 Å². The van der Waals surface area contributed by atoms with Crippen LogP contribution in [0.3, 0.4) is 0 Å². The van der Waals surface area contributed by atoms with Crippen molar-refractivity contribution in [3.63, 3.8) is 0 Å². The summed E-state index contributed by atoms with van der Waals surface area (Å²) in [7, 11) is 0. The molecule has 12 heavy (non-hydrogen) atoms. The Hall–Kier alpha value is -0.830. The summed E-state index contributed by atoms with van der Waals surface area (Å²) in [5, 5.41) is 8.83. The second-order valence-electron chi connectivity index (χ2n) is 2.96. The van der Waals surface area contributed by atoms with Gasteiger partial charge in [-0.1, -0.05) is 13.3 Å². The Bertz CT molecular complexity index is 190. The van der Waals surface area contributed by atoms with E-state index >= 15 is 0 Å². The summed E-state index contributed by atoms with van der Waals surface area (Å²) in [5.41, 5.74) is 0. The fourth-order valence-corrected chi connectivity index (χ4v) is 1.41. The van der Waals surface area contributed by atoms with Crippen molar-refractivity contribution in [1.82, 2.24) is 9.55 Å². The van der Waals surface area contributed by atoms with E-state index in [0.717, 1.165) is 19.3 Å². The third-order valence-electron chi connectivity index (χ3n) is 2.03. The summed E-state index contributed by atoms with van der Waals surface area (Å²) in [6.45, 7) is 2.41. The van der Waals surface area contributed by atoms with Crippen molar-refractivity contribution in [2.75, 3.05) is 6.61 Å². The highest BCUT2D eigenvalue weighted by Gasteiger charge is 2.07. The zero-order valence-electron chi connectivity index (χ0n) is 7.48. The molecule has 68 valence electrons. The van der Waals surface area contributed by atoms with E-state index < -0.39 is 0 Å². The molecule has 0 saturated heterocycles. The molecule has 0 aliphatic rings. The highest BCUT2D eigenvalue weighted by atomic mass is 16.3. The van der Waals surface area contributed by atoms with Crippen molar-refractivity contribution >= 4 is 0 Å². The van der Waals surface area contributed by atoms with Crippen LogP contribution in [0.5, 0.6) is 0 Å². The van der Waals surface area contributed by atoms with Crippen LogP contribution in [0.4, 0.5) is 0 Å². The molecule has 1 unspecified atom stereocenters. The molecule has 1 rings (SSSR count). The Labute approximate surface area is 73.1 Å². The molecule has 3 heteroatoms. The first-order chi connectivity index (χ1) is 5.88. The fourth-order valence-electron chi connectivity index (χ4n) is 1.41. The summed E-state index contributed by atoms with van der Waals surface area (Å²) in [5.74, 6) is 0. The molecule has 3 nitrogen and oxygen atoms in total. The maximum atomic E-state index is 8.83.